The van der Waals surface area contributed by atoms with Crippen LogP contribution in [-0.2, 0) is 24.2 Å². The van der Waals surface area contributed by atoms with Gasteiger partial charge in [0.2, 0.25) is 9.84 Å². The SMILES string of the molecule is COc1ccc(C(=NOS(C)(=O)=O)C(Cl)(Cl)S(=O)(=O)c2ccccc2)cc1. The second-order valence-electron chi connectivity index (χ2n) is 5.28. The smallest absolute Gasteiger partial charge is 0.325 e. The summed E-state index contributed by atoms with van der Waals surface area (Å²) < 4.78 is 55.4. The molecule has 11 heteroatoms. The van der Waals surface area contributed by atoms with Gasteiger partial charge in [-0.05, 0) is 36.4 Å². The molecule has 0 heterocycles. The van der Waals surface area contributed by atoms with Gasteiger partial charge in [-0.2, -0.15) is 8.42 Å². The van der Waals surface area contributed by atoms with Gasteiger partial charge in [0.15, 0.2) is 0 Å². The molecule has 0 atom stereocenters. The van der Waals surface area contributed by atoms with Crippen molar-refractivity contribution in [2.45, 2.75) is 8.56 Å². The van der Waals surface area contributed by atoms with E-state index < -0.39 is 29.3 Å². The fourth-order valence-electron chi connectivity index (χ4n) is 2.00. The zero-order valence-electron chi connectivity index (χ0n) is 14.2. The molecule has 2 aromatic rings. The molecule has 0 radical (unpaired) electrons. The van der Waals surface area contributed by atoms with Crippen LogP contribution in [0.4, 0.5) is 0 Å². The van der Waals surface area contributed by atoms with E-state index >= 15 is 0 Å². The van der Waals surface area contributed by atoms with E-state index in [1.54, 1.807) is 6.07 Å². The number of alkyl halides is 2. The Morgan fingerprint density at radius 3 is 2.00 bits per heavy atom. The van der Waals surface area contributed by atoms with Crippen LogP contribution in [0.25, 0.3) is 0 Å². The quantitative estimate of drug-likeness (QED) is 0.364. The van der Waals surface area contributed by atoms with Gasteiger partial charge in [0.25, 0.3) is 3.67 Å². The Kier molecular flexibility index (Phi) is 6.41. The number of rotatable bonds is 7. The van der Waals surface area contributed by atoms with E-state index in [1.807, 2.05) is 0 Å². The molecule has 0 unspecified atom stereocenters. The highest BCUT2D eigenvalue weighted by Gasteiger charge is 2.47. The van der Waals surface area contributed by atoms with Gasteiger partial charge in [-0.25, -0.2) is 8.42 Å². The summed E-state index contributed by atoms with van der Waals surface area (Å²) in [5.74, 6) is 0.475. The Morgan fingerprint density at radius 2 is 1.52 bits per heavy atom. The summed E-state index contributed by atoms with van der Waals surface area (Å²) >= 11 is 12.4. The highest BCUT2D eigenvalue weighted by Crippen LogP contribution is 2.38. The van der Waals surface area contributed by atoms with Gasteiger partial charge in [0.1, 0.15) is 11.5 Å². The van der Waals surface area contributed by atoms with Crippen LogP contribution in [0.3, 0.4) is 0 Å². The second kappa shape index (κ2) is 8.05. The summed E-state index contributed by atoms with van der Waals surface area (Å²) in [5, 5.41) is 3.43. The van der Waals surface area contributed by atoms with Crippen molar-refractivity contribution >= 4 is 48.9 Å². The van der Waals surface area contributed by atoms with Crippen molar-refractivity contribution < 1.29 is 25.9 Å². The standard InChI is InChI=1S/C16H15Cl2NO6S2/c1-24-13-10-8-12(9-11-13)15(19-25-26(2,20)21)16(17,18)27(22,23)14-6-4-3-5-7-14/h3-11H,1-2H3. The maximum absolute atomic E-state index is 12.9. The Balaban J connectivity index is 2.63. The predicted molar refractivity (Wildman–Crippen MR) is 104 cm³/mol. The molecule has 0 aliphatic heterocycles. The number of hydrogen-bond donors (Lipinski definition) is 0. The fraction of sp³-hybridized carbons (Fsp3) is 0.188. The van der Waals surface area contributed by atoms with Crippen LogP contribution in [0.5, 0.6) is 5.75 Å². The first-order valence-electron chi connectivity index (χ1n) is 7.28. The lowest BCUT2D eigenvalue weighted by Crippen LogP contribution is -2.36. The molecule has 2 aromatic carbocycles. The third kappa shape index (κ3) is 4.92. The first kappa shape index (κ1) is 21.5. The number of oxime groups is 1. The number of methoxy groups -OCH3 is 1. The topological polar surface area (TPSA) is 99.1 Å². The molecule has 0 aliphatic rings. The fourth-order valence-corrected chi connectivity index (χ4v) is 4.26. The van der Waals surface area contributed by atoms with Gasteiger partial charge >= 0.3 is 10.1 Å². The maximum Gasteiger partial charge on any atom is 0.325 e. The van der Waals surface area contributed by atoms with Crippen molar-refractivity contribution in [1.29, 1.82) is 0 Å². The molecular formula is C16H15Cl2NO6S2. The first-order chi connectivity index (χ1) is 12.5. The van der Waals surface area contributed by atoms with Crippen LogP contribution in [0.2, 0.25) is 0 Å². The highest BCUT2D eigenvalue weighted by molar-refractivity contribution is 7.96. The lowest BCUT2D eigenvalue weighted by atomic mass is 10.1. The van der Waals surface area contributed by atoms with Gasteiger partial charge in [0, 0.05) is 5.56 Å². The number of halogens is 2. The molecule has 0 saturated heterocycles. The average Bonchev–Trinajstić information content (AvgIpc) is 2.62. The number of sulfone groups is 1. The molecule has 0 N–H and O–H groups in total. The lowest BCUT2D eigenvalue weighted by Gasteiger charge is -2.22. The van der Waals surface area contributed by atoms with E-state index in [-0.39, 0.29) is 10.5 Å². The summed E-state index contributed by atoms with van der Waals surface area (Å²) in [7, 11) is -6.96. The van der Waals surface area contributed by atoms with E-state index in [0.29, 0.717) is 5.75 Å². The number of hydrogen-bond acceptors (Lipinski definition) is 7. The molecule has 0 fully saturated rings. The molecular weight excluding hydrogens is 437 g/mol. The first-order valence-corrected chi connectivity index (χ1v) is 11.3. The molecule has 0 amide bonds. The normalized spacial score (nSPS) is 13.3. The Morgan fingerprint density at radius 1 is 0.963 bits per heavy atom. The minimum absolute atomic E-state index is 0.129. The lowest BCUT2D eigenvalue weighted by molar-refractivity contribution is 0.342. The zero-order chi connectivity index (χ0) is 20.3. The molecule has 0 aromatic heterocycles. The largest absolute Gasteiger partial charge is 0.497 e. The average molecular weight is 452 g/mol. The predicted octanol–water partition coefficient (Wildman–Crippen LogP) is 2.98. The summed E-state index contributed by atoms with van der Waals surface area (Å²) in [6, 6.07) is 13.1. The second-order valence-corrected chi connectivity index (χ2v) is 10.7. The van der Waals surface area contributed by atoms with Crippen LogP contribution >= 0.6 is 23.2 Å². The molecule has 146 valence electrons. The third-order valence-electron chi connectivity index (χ3n) is 3.29. The van der Waals surface area contributed by atoms with Gasteiger partial charge in [0.05, 0.1) is 18.3 Å². The van der Waals surface area contributed by atoms with E-state index in [9.17, 15) is 16.8 Å². The van der Waals surface area contributed by atoms with E-state index in [4.69, 9.17) is 27.9 Å². The van der Waals surface area contributed by atoms with E-state index in [2.05, 4.69) is 9.44 Å². The number of ether oxygens (including phenoxy) is 1. The summed E-state index contributed by atoms with van der Waals surface area (Å²) in [6.07, 6.45) is 0.748. The maximum atomic E-state index is 12.9. The van der Waals surface area contributed by atoms with Crippen molar-refractivity contribution in [2.24, 2.45) is 5.16 Å². The zero-order valence-corrected chi connectivity index (χ0v) is 17.3. The van der Waals surface area contributed by atoms with E-state index in [1.165, 1.54) is 55.6 Å². The van der Waals surface area contributed by atoms with Crippen molar-refractivity contribution in [2.75, 3.05) is 13.4 Å². The van der Waals surface area contributed by atoms with E-state index in [0.717, 1.165) is 6.26 Å². The monoisotopic (exact) mass is 451 g/mol. The Hall–Kier alpha value is -1.81. The minimum atomic E-state index is -4.38. The summed E-state index contributed by atoms with van der Waals surface area (Å²) in [6.45, 7) is 0. The molecule has 0 spiro atoms. The molecule has 7 nitrogen and oxygen atoms in total. The summed E-state index contributed by atoms with van der Waals surface area (Å²) in [4.78, 5) is -0.171. The van der Waals surface area contributed by atoms with Crippen molar-refractivity contribution in [3.05, 3.63) is 60.2 Å². The van der Waals surface area contributed by atoms with Gasteiger partial charge < -0.3 is 4.74 Å². The minimum Gasteiger partial charge on any atom is -0.497 e. The third-order valence-corrected chi connectivity index (χ3v) is 6.98. The van der Waals surface area contributed by atoms with Crippen LogP contribution < -0.4 is 4.74 Å². The molecule has 0 bridgehead atoms. The van der Waals surface area contributed by atoms with Gasteiger partial charge in [-0.1, -0.05) is 46.6 Å². The Labute approximate surface area is 167 Å². The summed E-state index contributed by atoms with van der Waals surface area (Å²) in [5.41, 5.74) is -0.383. The Bertz CT molecular complexity index is 1030. The van der Waals surface area contributed by atoms with Crippen LogP contribution in [-0.4, -0.2) is 39.6 Å². The van der Waals surface area contributed by atoms with Crippen molar-refractivity contribution in [1.82, 2.24) is 0 Å². The van der Waals surface area contributed by atoms with Crippen LogP contribution in [0.15, 0.2) is 64.6 Å². The molecule has 0 saturated carbocycles. The molecule has 0 aliphatic carbocycles. The van der Waals surface area contributed by atoms with Gasteiger partial charge in [-0.15, -0.1) is 0 Å². The van der Waals surface area contributed by atoms with Gasteiger partial charge in [-0.3, -0.25) is 4.28 Å². The van der Waals surface area contributed by atoms with Crippen LogP contribution in [0, 0.1) is 0 Å². The molecule has 27 heavy (non-hydrogen) atoms. The van der Waals surface area contributed by atoms with Crippen molar-refractivity contribution in [3.8, 4) is 5.75 Å². The number of nitrogens with zero attached hydrogens (tertiary/aromatic N) is 1. The number of benzene rings is 2. The van der Waals surface area contributed by atoms with Crippen LogP contribution in [0.1, 0.15) is 5.56 Å². The van der Waals surface area contributed by atoms with Crippen molar-refractivity contribution in [3.63, 3.8) is 0 Å². The highest BCUT2D eigenvalue weighted by atomic mass is 35.5. The molecule has 2 rings (SSSR count).